The van der Waals surface area contributed by atoms with Crippen molar-refractivity contribution in [3.8, 4) is 22.5 Å². The number of nitrogens with zero attached hydrogens (tertiary/aromatic N) is 3. The zero-order valence-corrected chi connectivity index (χ0v) is 25.6. The molecule has 0 fully saturated rings. The number of aryl methyl sites for hydroxylation is 2. The van der Waals surface area contributed by atoms with E-state index in [9.17, 15) is 0 Å². The van der Waals surface area contributed by atoms with E-state index >= 15 is 0 Å². The number of aromatic nitrogens is 3. The van der Waals surface area contributed by atoms with Crippen LogP contribution in [0.4, 0.5) is 0 Å². The number of furan rings is 1. The van der Waals surface area contributed by atoms with Crippen molar-refractivity contribution in [1.29, 1.82) is 0 Å². The third-order valence-corrected chi connectivity index (χ3v) is 8.21. The van der Waals surface area contributed by atoms with Gasteiger partial charge in [-0.05, 0) is 48.5 Å². The van der Waals surface area contributed by atoms with Crippen LogP contribution in [0.25, 0.3) is 44.6 Å². The van der Waals surface area contributed by atoms with Gasteiger partial charge in [-0.1, -0.05) is 54.9 Å². The van der Waals surface area contributed by atoms with Crippen molar-refractivity contribution < 1.29 is 24.5 Å². The van der Waals surface area contributed by atoms with E-state index in [1.165, 1.54) is 16.1 Å². The van der Waals surface area contributed by atoms with E-state index in [2.05, 4.69) is 71.0 Å². The fraction of sp³-hybridized carbons (Fsp3) is 0.156. The summed E-state index contributed by atoms with van der Waals surface area (Å²) in [6.45, 7) is 11.1. The van der Waals surface area contributed by atoms with Crippen molar-refractivity contribution in [3.63, 3.8) is 0 Å². The average molecular weight is 692 g/mol. The van der Waals surface area contributed by atoms with Crippen LogP contribution in [0.1, 0.15) is 11.1 Å². The van der Waals surface area contributed by atoms with Gasteiger partial charge in [-0.2, -0.15) is 0 Å². The SMILES string of the molecule is Cc1ccc(-c2[c-]cc([Si](C)(C)C)c3c2oc2ncccc23)nc1.Cc1ccc(-c2[c-]cccc2)nc1.[Ir]. The molecular weight excluding hydrogens is 663 g/mol. The van der Waals surface area contributed by atoms with Gasteiger partial charge in [0.05, 0.1) is 5.58 Å². The molecule has 0 saturated carbocycles. The number of hydrogen-bond acceptors (Lipinski definition) is 4. The molecule has 6 heteroatoms. The minimum Gasteiger partial charge on any atom is -0.486 e. The minimum absolute atomic E-state index is 0. The summed E-state index contributed by atoms with van der Waals surface area (Å²) in [7, 11) is -1.55. The van der Waals surface area contributed by atoms with Crippen LogP contribution in [0.3, 0.4) is 0 Å². The number of fused-ring (bicyclic) bond motifs is 3. The van der Waals surface area contributed by atoms with E-state index in [0.29, 0.717) is 5.71 Å². The summed E-state index contributed by atoms with van der Waals surface area (Å²) >= 11 is 0. The Morgan fingerprint density at radius 3 is 2.08 bits per heavy atom. The molecule has 4 nitrogen and oxygen atoms in total. The van der Waals surface area contributed by atoms with Gasteiger partial charge < -0.3 is 14.4 Å². The Hall–Kier alpha value is -3.44. The molecule has 6 aromatic rings. The van der Waals surface area contributed by atoms with E-state index in [1.807, 2.05) is 68.7 Å². The van der Waals surface area contributed by atoms with Crippen LogP contribution in [0, 0.1) is 26.0 Å². The average Bonchev–Trinajstić information content (AvgIpc) is 3.29. The molecule has 2 aromatic carbocycles. The van der Waals surface area contributed by atoms with E-state index in [1.54, 1.807) is 6.20 Å². The molecule has 38 heavy (non-hydrogen) atoms. The quantitative estimate of drug-likeness (QED) is 0.142. The summed E-state index contributed by atoms with van der Waals surface area (Å²) in [6, 6.07) is 28.8. The summed E-state index contributed by atoms with van der Waals surface area (Å²) < 4.78 is 6.14. The maximum Gasteiger partial charge on any atom is 0.216 e. The Bertz CT molecular complexity index is 1660. The van der Waals surface area contributed by atoms with Crippen molar-refractivity contribution in [3.05, 3.63) is 109 Å². The summed E-state index contributed by atoms with van der Waals surface area (Å²) in [5.41, 5.74) is 7.66. The third kappa shape index (κ3) is 5.83. The van der Waals surface area contributed by atoms with Crippen molar-refractivity contribution in [2.24, 2.45) is 0 Å². The van der Waals surface area contributed by atoms with Crippen LogP contribution in [-0.4, -0.2) is 23.0 Å². The first kappa shape index (κ1) is 27.6. The Kier molecular flexibility index (Phi) is 8.37. The van der Waals surface area contributed by atoms with Gasteiger partial charge in [0.2, 0.25) is 5.71 Å². The fourth-order valence-electron chi connectivity index (χ4n) is 4.24. The molecule has 0 atom stereocenters. The molecule has 193 valence electrons. The number of pyridine rings is 3. The van der Waals surface area contributed by atoms with E-state index in [0.717, 1.165) is 39.0 Å². The molecule has 0 amide bonds. The Balaban J connectivity index is 0.000000204. The molecule has 6 rings (SSSR count). The van der Waals surface area contributed by atoms with Gasteiger partial charge in [0.1, 0.15) is 0 Å². The van der Waals surface area contributed by atoms with Gasteiger partial charge in [0, 0.05) is 52.2 Å². The van der Waals surface area contributed by atoms with Gasteiger partial charge in [-0.15, -0.1) is 53.2 Å². The maximum absolute atomic E-state index is 6.14. The van der Waals surface area contributed by atoms with Gasteiger partial charge in [0.25, 0.3) is 0 Å². The smallest absolute Gasteiger partial charge is 0.216 e. The second-order valence-corrected chi connectivity index (χ2v) is 15.2. The topological polar surface area (TPSA) is 51.8 Å². The van der Waals surface area contributed by atoms with Crippen LogP contribution in [0.2, 0.25) is 19.6 Å². The molecule has 0 spiro atoms. The standard InChI is InChI=1S/C20H19N2OSi.C12H10N.Ir/c1-13-7-9-16(22-12-13)14-8-10-17(24(2,3)4)18-15-6-5-11-21-20(15)23-19(14)18;1-10-7-8-12(13-9-10)11-5-3-2-4-6-11;/h5-7,9-12H,1-4H3;2-5,7-9H,1H3;/q2*-1;. The number of hydrogen-bond donors (Lipinski definition) is 0. The van der Waals surface area contributed by atoms with Gasteiger partial charge in [0.15, 0.2) is 0 Å². The Morgan fingerprint density at radius 2 is 1.47 bits per heavy atom. The predicted molar refractivity (Wildman–Crippen MR) is 155 cm³/mol. The molecule has 1 radical (unpaired) electrons. The number of rotatable bonds is 3. The summed E-state index contributed by atoms with van der Waals surface area (Å²) in [4.78, 5) is 13.3. The first-order valence-corrected chi connectivity index (χ1v) is 15.9. The van der Waals surface area contributed by atoms with Crippen LogP contribution in [-0.2, 0) is 20.1 Å². The van der Waals surface area contributed by atoms with Gasteiger partial charge in [-0.25, -0.2) is 4.98 Å². The van der Waals surface area contributed by atoms with Crippen LogP contribution in [0.15, 0.2) is 89.7 Å². The van der Waals surface area contributed by atoms with E-state index in [-0.39, 0.29) is 20.1 Å². The van der Waals surface area contributed by atoms with Crippen LogP contribution in [0.5, 0.6) is 0 Å². The zero-order valence-electron chi connectivity index (χ0n) is 22.2. The van der Waals surface area contributed by atoms with E-state index < -0.39 is 8.07 Å². The second kappa shape index (κ2) is 11.5. The number of benzene rings is 2. The van der Waals surface area contributed by atoms with Gasteiger partial charge >= 0.3 is 0 Å². The summed E-state index contributed by atoms with van der Waals surface area (Å²) in [6.07, 6.45) is 5.52. The van der Waals surface area contributed by atoms with E-state index in [4.69, 9.17) is 4.42 Å². The van der Waals surface area contributed by atoms with Crippen molar-refractivity contribution >= 4 is 35.3 Å². The summed E-state index contributed by atoms with van der Waals surface area (Å²) in [5.74, 6) is 0. The molecule has 0 saturated heterocycles. The Morgan fingerprint density at radius 1 is 0.763 bits per heavy atom. The van der Waals surface area contributed by atoms with Crippen LogP contribution < -0.4 is 5.19 Å². The molecule has 0 aliphatic rings. The zero-order chi connectivity index (χ0) is 26.0. The van der Waals surface area contributed by atoms with Crippen molar-refractivity contribution in [2.75, 3.05) is 0 Å². The fourth-order valence-corrected chi connectivity index (χ4v) is 5.74. The molecule has 0 aliphatic heterocycles. The maximum atomic E-state index is 6.14. The molecule has 4 aromatic heterocycles. The molecule has 0 unspecified atom stereocenters. The second-order valence-electron chi connectivity index (χ2n) is 10.2. The predicted octanol–water partition coefficient (Wildman–Crippen LogP) is 7.55. The summed E-state index contributed by atoms with van der Waals surface area (Å²) in [5, 5.41) is 3.60. The normalized spacial score (nSPS) is 11.1. The molecule has 0 N–H and O–H groups in total. The van der Waals surface area contributed by atoms with Crippen LogP contribution >= 0.6 is 0 Å². The third-order valence-electron chi connectivity index (χ3n) is 6.20. The molecule has 4 heterocycles. The van der Waals surface area contributed by atoms with Gasteiger partial charge in [-0.3, -0.25) is 0 Å². The first-order chi connectivity index (χ1) is 17.8. The largest absolute Gasteiger partial charge is 0.486 e. The van der Waals surface area contributed by atoms with Crippen molar-refractivity contribution in [1.82, 2.24) is 15.0 Å². The molecule has 0 aliphatic carbocycles. The minimum atomic E-state index is -1.55. The Labute approximate surface area is 238 Å². The van der Waals surface area contributed by atoms with Crippen molar-refractivity contribution in [2.45, 2.75) is 33.5 Å². The molecule has 0 bridgehead atoms. The first-order valence-electron chi connectivity index (χ1n) is 12.4. The monoisotopic (exact) mass is 692 g/mol. The molecular formula is C32H29IrN3OSi-2.